The van der Waals surface area contributed by atoms with E-state index in [4.69, 9.17) is 4.42 Å². The molecule has 0 bridgehead atoms. The van der Waals surface area contributed by atoms with Crippen LogP contribution in [0.25, 0.3) is 11.1 Å². The van der Waals surface area contributed by atoms with E-state index in [1.165, 1.54) is 23.1 Å². The van der Waals surface area contributed by atoms with Crippen molar-refractivity contribution in [2.24, 2.45) is 0 Å². The molecular formula is C14H20N3O4S+. The summed E-state index contributed by atoms with van der Waals surface area (Å²) in [4.78, 5) is 15.2. The van der Waals surface area contributed by atoms with Gasteiger partial charge in [0.25, 0.3) is 0 Å². The molecule has 3 N–H and O–H groups in total. The Labute approximate surface area is 128 Å². The van der Waals surface area contributed by atoms with Crippen LogP contribution in [0.15, 0.2) is 32.3 Å². The van der Waals surface area contributed by atoms with Crippen molar-refractivity contribution in [2.75, 3.05) is 19.6 Å². The van der Waals surface area contributed by atoms with E-state index in [9.17, 15) is 13.2 Å². The Hall–Kier alpha value is -1.64. The molecule has 7 nitrogen and oxygen atoms in total. The predicted molar refractivity (Wildman–Crippen MR) is 81.4 cm³/mol. The van der Waals surface area contributed by atoms with E-state index in [0.717, 1.165) is 25.9 Å². The summed E-state index contributed by atoms with van der Waals surface area (Å²) in [6.07, 6.45) is 2.17. The van der Waals surface area contributed by atoms with Crippen LogP contribution in [0.2, 0.25) is 0 Å². The number of hydrogen-bond donors (Lipinski definition) is 3. The Balaban J connectivity index is 1.77. The molecule has 1 saturated heterocycles. The second-order valence-electron chi connectivity index (χ2n) is 5.63. The summed E-state index contributed by atoms with van der Waals surface area (Å²) in [6, 6.07) is 4.70. The quantitative estimate of drug-likeness (QED) is 0.688. The highest BCUT2D eigenvalue weighted by Crippen LogP contribution is 2.16. The SMILES string of the molecule is CC[NH+]1CCC[C@@H]1CNS(=O)(=O)c1ccc2[nH]c(=O)oc2c1. The summed E-state index contributed by atoms with van der Waals surface area (Å²) in [5, 5.41) is 0. The monoisotopic (exact) mass is 326 g/mol. The predicted octanol–water partition coefficient (Wildman–Crippen LogP) is -0.533. The smallest absolute Gasteiger partial charge is 0.408 e. The highest BCUT2D eigenvalue weighted by atomic mass is 32.2. The van der Waals surface area contributed by atoms with Gasteiger partial charge in [-0.15, -0.1) is 0 Å². The fourth-order valence-electron chi connectivity index (χ4n) is 3.08. The molecule has 0 amide bonds. The maximum atomic E-state index is 12.4. The molecule has 0 aliphatic carbocycles. The van der Waals surface area contributed by atoms with Crippen molar-refractivity contribution in [2.45, 2.75) is 30.7 Å². The molecule has 1 unspecified atom stereocenters. The van der Waals surface area contributed by atoms with Crippen LogP contribution in [0.3, 0.4) is 0 Å². The zero-order valence-corrected chi connectivity index (χ0v) is 13.2. The molecule has 22 heavy (non-hydrogen) atoms. The molecule has 1 aliphatic rings. The van der Waals surface area contributed by atoms with Crippen molar-refractivity contribution in [3.8, 4) is 0 Å². The van der Waals surface area contributed by atoms with Crippen molar-refractivity contribution in [1.29, 1.82) is 0 Å². The van der Waals surface area contributed by atoms with Gasteiger partial charge in [0.2, 0.25) is 10.0 Å². The summed E-state index contributed by atoms with van der Waals surface area (Å²) >= 11 is 0. The molecule has 0 radical (unpaired) electrons. The number of quaternary nitrogens is 1. The van der Waals surface area contributed by atoms with Crippen molar-refractivity contribution in [1.82, 2.24) is 9.71 Å². The Bertz CT molecular complexity index is 824. The third-order valence-corrected chi connectivity index (χ3v) is 5.73. The van der Waals surface area contributed by atoms with E-state index in [1.54, 1.807) is 0 Å². The van der Waals surface area contributed by atoms with E-state index in [2.05, 4.69) is 16.6 Å². The molecule has 1 aromatic carbocycles. The molecule has 0 saturated carbocycles. The summed E-state index contributed by atoms with van der Waals surface area (Å²) < 4.78 is 32.4. The molecule has 1 aromatic heterocycles. The third kappa shape index (κ3) is 2.94. The van der Waals surface area contributed by atoms with Crippen LogP contribution in [0.5, 0.6) is 0 Å². The van der Waals surface area contributed by atoms with Crippen molar-refractivity contribution in [3.05, 3.63) is 28.7 Å². The molecule has 8 heteroatoms. The number of sulfonamides is 1. The van der Waals surface area contributed by atoms with Gasteiger partial charge in [0, 0.05) is 18.9 Å². The molecular weight excluding hydrogens is 306 g/mol. The zero-order chi connectivity index (χ0) is 15.7. The molecule has 120 valence electrons. The first-order valence-electron chi connectivity index (χ1n) is 7.46. The third-order valence-electron chi connectivity index (χ3n) is 4.30. The molecule has 2 heterocycles. The number of rotatable bonds is 5. The lowest BCUT2D eigenvalue weighted by Crippen LogP contribution is -3.14. The average Bonchev–Trinajstić information content (AvgIpc) is 3.08. The maximum absolute atomic E-state index is 12.4. The summed E-state index contributed by atoms with van der Waals surface area (Å²) in [7, 11) is -3.60. The first-order valence-corrected chi connectivity index (χ1v) is 8.95. The van der Waals surface area contributed by atoms with Crippen LogP contribution in [0, 0.1) is 0 Å². The molecule has 3 rings (SSSR count). The summed E-state index contributed by atoms with van der Waals surface area (Å²) in [5.41, 5.74) is 0.732. The minimum atomic E-state index is -3.60. The van der Waals surface area contributed by atoms with Gasteiger partial charge in [-0.1, -0.05) is 0 Å². The van der Waals surface area contributed by atoms with E-state index < -0.39 is 15.8 Å². The molecule has 1 aliphatic heterocycles. The molecule has 1 fully saturated rings. The Kier molecular flexibility index (Phi) is 4.07. The van der Waals surface area contributed by atoms with Gasteiger partial charge in [0.05, 0.1) is 30.0 Å². The normalized spacial score (nSPS) is 22.4. The molecule has 0 spiro atoms. The minimum Gasteiger partial charge on any atom is -0.408 e. The fourth-order valence-corrected chi connectivity index (χ4v) is 4.18. The van der Waals surface area contributed by atoms with E-state index in [0.29, 0.717) is 18.1 Å². The van der Waals surface area contributed by atoms with Crippen LogP contribution in [0.1, 0.15) is 19.8 Å². The summed E-state index contributed by atoms with van der Waals surface area (Å²) in [6.45, 7) is 4.65. The molecule has 2 atom stereocenters. The average molecular weight is 326 g/mol. The van der Waals surface area contributed by atoms with Crippen LogP contribution >= 0.6 is 0 Å². The van der Waals surface area contributed by atoms with Gasteiger partial charge in [-0.25, -0.2) is 17.9 Å². The highest BCUT2D eigenvalue weighted by molar-refractivity contribution is 7.89. The van der Waals surface area contributed by atoms with Gasteiger partial charge in [-0.3, -0.25) is 4.98 Å². The number of hydrogen-bond acceptors (Lipinski definition) is 4. The van der Waals surface area contributed by atoms with Crippen molar-refractivity contribution >= 4 is 21.1 Å². The topological polar surface area (TPSA) is 96.6 Å². The number of oxazole rings is 1. The van der Waals surface area contributed by atoms with Gasteiger partial charge in [-0.05, 0) is 19.1 Å². The first-order chi connectivity index (χ1) is 10.5. The van der Waals surface area contributed by atoms with E-state index >= 15 is 0 Å². The Morgan fingerprint density at radius 1 is 1.45 bits per heavy atom. The Morgan fingerprint density at radius 2 is 2.27 bits per heavy atom. The summed E-state index contributed by atoms with van der Waals surface area (Å²) in [5.74, 6) is -0.592. The van der Waals surface area contributed by atoms with E-state index in [1.807, 2.05) is 0 Å². The highest BCUT2D eigenvalue weighted by Gasteiger charge is 2.28. The Morgan fingerprint density at radius 3 is 3.05 bits per heavy atom. The van der Waals surface area contributed by atoms with Gasteiger partial charge in [0.15, 0.2) is 5.58 Å². The minimum absolute atomic E-state index is 0.110. The number of aromatic nitrogens is 1. The number of H-pyrrole nitrogens is 1. The zero-order valence-electron chi connectivity index (χ0n) is 12.4. The second kappa shape index (κ2) is 5.86. The lowest BCUT2D eigenvalue weighted by Gasteiger charge is -2.20. The van der Waals surface area contributed by atoms with Crippen LogP contribution in [-0.4, -0.2) is 39.1 Å². The van der Waals surface area contributed by atoms with Crippen LogP contribution in [-0.2, 0) is 10.0 Å². The van der Waals surface area contributed by atoms with Gasteiger partial charge >= 0.3 is 5.76 Å². The second-order valence-corrected chi connectivity index (χ2v) is 7.39. The number of fused-ring (bicyclic) bond motifs is 1. The largest absolute Gasteiger partial charge is 0.417 e. The van der Waals surface area contributed by atoms with Crippen molar-refractivity contribution in [3.63, 3.8) is 0 Å². The van der Waals surface area contributed by atoms with Gasteiger partial charge in [-0.2, -0.15) is 0 Å². The van der Waals surface area contributed by atoms with Crippen LogP contribution in [0.4, 0.5) is 0 Å². The lowest BCUT2D eigenvalue weighted by molar-refractivity contribution is -0.909. The fraction of sp³-hybridized carbons (Fsp3) is 0.500. The number of benzene rings is 1. The number of nitrogens with one attached hydrogen (secondary N) is 3. The lowest BCUT2D eigenvalue weighted by atomic mass is 10.2. The van der Waals surface area contributed by atoms with Crippen molar-refractivity contribution < 1.29 is 17.7 Å². The standard InChI is InChI=1S/C14H19N3O4S/c1-2-17-7-3-4-10(17)9-15-22(19,20)11-5-6-12-13(8-11)21-14(18)16-12/h5-6,8,10,15H,2-4,7,9H2,1H3,(H,16,18)/p+1/t10-/m1/s1. The van der Waals surface area contributed by atoms with E-state index in [-0.39, 0.29) is 10.5 Å². The molecule has 2 aromatic rings. The number of aromatic amines is 1. The van der Waals surface area contributed by atoms with Gasteiger partial charge < -0.3 is 9.32 Å². The first kappa shape index (κ1) is 15.3. The number of likely N-dealkylation sites (tertiary alicyclic amines) is 1. The maximum Gasteiger partial charge on any atom is 0.417 e. The van der Waals surface area contributed by atoms with Crippen LogP contribution < -0.4 is 15.4 Å². The van der Waals surface area contributed by atoms with Gasteiger partial charge in [0.1, 0.15) is 6.04 Å². The number of likely N-dealkylation sites (N-methyl/N-ethyl adjacent to an activating group) is 1.